The van der Waals surface area contributed by atoms with Crippen molar-refractivity contribution in [1.82, 2.24) is 5.32 Å². The Balaban J connectivity index is 1.90. The number of carbonyl (C=O) groups is 2. The molecular weight excluding hydrogens is 282 g/mol. The molecule has 2 rings (SSSR count). The molecule has 0 unspecified atom stereocenters. The monoisotopic (exact) mass is 298 g/mol. The van der Waals surface area contributed by atoms with Crippen LogP contribution in [0.5, 0.6) is 0 Å². The maximum Gasteiger partial charge on any atom is 0.313 e. The molecule has 1 fully saturated rings. The Bertz CT molecular complexity index is 557. The molecule has 1 aliphatic rings. The van der Waals surface area contributed by atoms with E-state index in [-0.39, 0.29) is 6.54 Å². The van der Waals surface area contributed by atoms with E-state index in [1.165, 1.54) is 0 Å². The number of hydrogen-bond acceptors (Lipinski definition) is 3. The number of anilines is 1. The molecule has 1 saturated carbocycles. The number of carbonyl (C=O) groups excluding carboxylic acids is 2. The highest BCUT2D eigenvalue weighted by Crippen LogP contribution is 2.28. The zero-order valence-corrected chi connectivity index (χ0v) is 11.3. The molecule has 0 aromatic heterocycles. The van der Waals surface area contributed by atoms with E-state index in [0.717, 1.165) is 31.0 Å². The van der Waals surface area contributed by atoms with Crippen LogP contribution in [0.15, 0.2) is 18.2 Å². The maximum absolute atomic E-state index is 13.3. The molecule has 0 saturated heterocycles. The Labute approximate surface area is 120 Å². The zero-order chi connectivity index (χ0) is 15.5. The summed E-state index contributed by atoms with van der Waals surface area (Å²) in [7, 11) is 0. The summed E-state index contributed by atoms with van der Waals surface area (Å²) in [5.41, 5.74) is -1.39. The minimum Gasteiger partial charge on any atom is -0.388 e. The first-order valence-electron chi connectivity index (χ1n) is 6.66. The highest BCUT2D eigenvalue weighted by Gasteiger charge is 2.32. The molecule has 0 spiro atoms. The Morgan fingerprint density at radius 3 is 2.52 bits per heavy atom. The van der Waals surface area contributed by atoms with E-state index in [9.17, 15) is 23.5 Å². The number of benzene rings is 1. The fourth-order valence-electron chi connectivity index (χ4n) is 2.31. The van der Waals surface area contributed by atoms with Crippen molar-refractivity contribution < 1.29 is 23.5 Å². The molecule has 3 N–H and O–H groups in total. The number of hydrogen-bond donors (Lipinski definition) is 3. The van der Waals surface area contributed by atoms with Crippen LogP contribution in [0.2, 0.25) is 0 Å². The molecule has 1 aromatic rings. The van der Waals surface area contributed by atoms with Gasteiger partial charge in [-0.05, 0) is 25.0 Å². The Morgan fingerprint density at radius 1 is 1.19 bits per heavy atom. The van der Waals surface area contributed by atoms with Crippen molar-refractivity contribution in [2.75, 3.05) is 11.9 Å². The molecule has 5 nitrogen and oxygen atoms in total. The highest BCUT2D eigenvalue weighted by atomic mass is 19.1. The lowest BCUT2D eigenvalue weighted by Gasteiger charge is -2.22. The van der Waals surface area contributed by atoms with Crippen LogP contribution >= 0.6 is 0 Å². The van der Waals surface area contributed by atoms with E-state index in [2.05, 4.69) is 5.32 Å². The standard InChI is InChI=1S/C14H16F2N2O3/c15-9-3-4-10(16)11(7-9)18-13(20)12(19)17-8-14(21)5-1-2-6-14/h3-4,7,21H,1-2,5-6,8H2,(H,17,19)(H,18,20). The molecule has 0 radical (unpaired) electrons. The van der Waals surface area contributed by atoms with Gasteiger partial charge in [-0.1, -0.05) is 12.8 Å². The predicted octanol–water partition coefficient (Wildman–Crippen LogP) is 1.32. The van der Waals surface area contributed by atoms with Gasteiger partial charge in [0.05, 0.1) is 11.3 Å². The zero-order valence-electron chi connectivity index (χ0n) is 11.3. The Hall–Kier alpha value is -2.02. The summed E-state index contributed by atoms with van der Waals surface area (Å²) in [5, 5.41) is 14.3. The molecule has 0 atom stereocenters. The highest BCUT2D eigenvalue weighted by molar-refractivity contribution is 6.39. The van der Waals surface area contributed by atoms with Crippen molar-refractivity contribution in [2.24, 2.45) is 0 Å². The molecular formula is C14H16F2N2O3. The summed E-state index contributed by atoms with van der Waals surface area (Å²) in [6.07, 6.45) is 2.86. The smallest absolute Gasteiger partial charge is 0.313 e. The van der Waals surface area contributed by atoms with E-state index in [1.54, 1.807) is 0 Å². The van der Waals surface area contributed by atoms with Gasteiger partial charge in [-0.3, -0.25) is 9.59 Å². The molecule has 114 valence electrons. The Kier molecular flexibility index (Phi) is 4.52. The second kappa shape index (κ2) is 6.17. The van der Waals surface area contributed by atoms with Crippen LogP contribution in [0.25, 0.3) is 0 Å². The van der Waals surface area contributed by atoms with E-state index < -0.39 is 34.7 Å². The van der Waals surface area contributed by atoms with Crippen LogP contribution in [-0.4, -0.2) is 29.1 Å². The second-order valence-corrected chi connectivity index (χ2v) is 5.19. The molecule has 0 bridgehead atoms. The van der Waals surface area contributed by atoms with Crippen molar-refractivity contribution in [3.05, 3.63) is 29.8 Å². The van der Waals surface area contributed by atoms with Crippen LogP contribution in [0.1, 0.15) is 25.7 Å². The predicted molar refractivity (Wildman–Crippen MR) is 71.4 cm³/mol. The summed E-state index contributed by atoms with van der Waals surface area (Å²) < 4.78 is 26.3. The first-order chi connectivity index (χ1) is 9.89. The maximum atomic E-state index is 13.3. The lowest BCUT2D eigenvalue weighted by atomic mass is 10.0. The van der Waals surface area contributed by atoms with E-state index in [1.807, 2.05) is 5.32 Å². The fraction of sp³-hybridized carbons (Fsp3) is 0.429. The van der Waals surface area contributed by atoms with Gasteiger partial charge in [0.2, 0.25) is 0 Å². The molecule has 1 aromatic carbocycles. The van der Waals surface area contributed by atoms with Crippen molar-refractivity contribution in [2.45, 2.75) is 31.3 Å². The minimum atomic E-state index is -1.11. The first kappa shape index (κ1) is 15.4. The van der Waals surface area contributed by atoms with Crippen molar-refractivity contribution in [3.8, 4) is 0 Å². The van der Waals surface area contributed by atoms with Gasteiger partial charge in [0.25, 0.3) is 0 Å². The van der Waals surface area contributed by atoms with Gasteiger partial charge in [0.15, 0.2) is 0 Å². The molecule has 21 heavy (non-hydrogen) atoms. The topological polar surface area (TPSA) is 78.4 Å². The molecule has 0 aliphatic heterocycles. The van der Waals surface area contributed by atoms with Gasteiger partial charge in [0.1, 0.15) is 11.6 Å². The van der Waals surface area contributed by atoms with Crippen LogP contribution in [0.4, 0.5) is 14.5 Å². The van der Waals surface area contributed by atoms with Crippen LogP contribution in [0.3, 0.4) is 0 Å². The number of aliphatic hydroxyl groups is 1. The number of rotatable bonds is 3. The summed E-state index contributed by atoms with van der Waals surface area (Å²) in [6, 6.07) is 2.54. The van der Waals surface area contributed by atoms with Gasteiger partial charge in [-0.15, -0.1) is 0 Å². The van der Waals surface area contributed by atoms with Crippen molar-refractivity contribution >= 4 is 17.5 Å². The SMILES string of the molecule is O=C(NCC1(O)CCCC1)C(=O)Nc1cc(F)ccc1F. The summed E-state index contributed by atoms with van der Waals surface area (Å²) in [6.45, 7) is -0.0368. The molecule has 1 aliphatic carbocycles. The van der Waals surface area contributed by atoms with Crippen LogP contribution in [0, 0.1) is 11.6 Å². The van der Waals surface area contributed by atoms with Gasteiger partial charge >= 0.3 is 11.8 Å². The number of halogens is 2. The van der Waals surface area contributed by atoms with Crippen LogP contribution in [-0.2, 0) is 9.59 Å². The quantitative estimate of drug-likeness (QED) is 0.737. The van der Waals surface area contributed by atoms with Gasteiger partial charge in [-0.25, -0.2) is 8.78 Å². The third kappa shape index (κ3) is 3.98. The third-order valence-corrected chi connectivity index (χ3v) is 3.50. The first-order valence-corrected chi connectivity index (χ1v) is 6.66. The van der Waals surface area contributed by atoms with Crippen molar-refractivity contribution in [1.29, 1.82) is 0 Å². The number of amides is 2. The largest absolute Gasteiger partial charge is 0.388 e. The van der Waals surface area contributed by atoms with Crippen LogP contribution < -0.4 is 10.6 Å². The fourth-order valence-corrected chi connectivity index (χ4v) is 2.31. The van der Waals surface area contributed by atoms with E-state index in [0.29, 0.717) is 12.8 Å². The molecule has 2 amide bonds. The average molecular weight is 298 g/mol. The van der Waals surface area contributed by atoms with E-state index >= 15 is 0 Å². The second-order valence-electron chi connectivity index (χ2n) is 5.19. The normalized spacial score (nSPS) is 16.5. The van der Waals surface area contributed by atoms with Crippen molar-refractivity contribution in [3.63, 3.8) is 0 Å². The summed E-state index contributed by atoms with van der Waals surface area (Å²) in [5.74, 6) is -3.68. The van der Waals surface area contributed by atoms with Gasteiger partial charge < -0.3 is 15.7 Å². The number of nitrogens with one attached hydrogen (secondary N) is 2. The Morgan fingerprint density at radius 2 is 1.86 bits per heavy atom. The average Bonchev–Trinajstić information content (AvgIpc) is 2.87. The van der Waals surface area contributed by atoms with E-state index in [4.69, 9.17) is 0 Å². The lowest BCUT2D eigenvalue weighted by molar-refractivity contribution is -0.136. The van der Waals surface area contributed by atoms with Gasteiger partial charge in [-0.2, -0.15) is 0 Å². The minimum absolute atomic E-state index is 0.0368. The molecule has 7 heteroatoms. The summed E-state index contributed by atoms with van der Waals surface area (Å²) >= 11 is 0. The lowest BCUT2D eigenvalue weighted by Crippen LogP contribution is -2.44. The third-order valence-electron chi connectivity index (χ3n) is 3.50. The summed E-state index contributed by atoms with van der Waals surface area (Å²) in [4.78, 5) is 23.2. The molecule has 0 heterocycles. The van der Waals surface area contributed by atoms with Gasteiger partial charge in [0, 0.05) is 12.6 Å².